The average Bonchev–Trinajstić information content (AvgIpc) is 2.41. The Kier molecular flexibility index (Phi) is 6.70. The lowest BCUT2D eigenvalue weighted by Gasteiger charge is -2.14. The van der Waals surface area contributed by atoms with Gasteiger partial charge < -0.3 is 15.7 Å². The van der Waals surface area contributed by atoms with E-state index < -0.39 is 35.2 Å². The van der Waals surface area contributed by atoms with Crippen molar-refractivity contribution in [3.8, 4) is 0 Å². The smallest absolute Gasteiger partial charge is 0.313 e. The van der Waals surface area contributed by atoms with Gasteiger partial charge in [-0.1, -0.05) is 25.4 Å². The van der Waals surface area contributed by atoms with Crippen molar-refractivity contribution in [2.24, 2.45) is 5.92 Å². The molecule has 0 aliphatic carbocycles. The van der Waals surface area contributed by atoms with Gasteiger partial charge in [0.15, 0.2) is 11.6 Å². The number of anilines is 1. The highest BCUT2D eigenvalue weighted by Gasteiger charge is 2.19. The zero-order valence-corrected chi connectivity index (χ0v) is 12.9. The molecule has 0 fully saturated rings. The number of hydrogen-bond donors (Lipinski definition) is 3. The third kappa shape index (κ3) is 5.23. The Hall–Kier alpha value is -1.73. The first-order valence-electron chi connectivity index (χ1n) is 6.64. The topological polar surface area (TPSA) is 78.4 Å². The van der Waals surface area contributed by atoms with Crippen LogP contribution < -0.4 is 10.6 Å². The third-order valence-electron chi connectivity index (χ3n) is 2.95. The van der Waals surface area contributed by atoms with E-state index in [1.54, 1.807) is 0 Å². The van der Waals surface area contributed by atoms with E-state index in [9.17, 15) is 23.5 Å². The molecule has 8 heteroatoms. The lowest BCUT2D eigenvalue weighted by molar-refractivity contribution is -0.136. The molecule has 0 radical (unpaired) electrons. The summed E-state index contributed by atoms with van der Waals surface area (Å²) in [5.41, 5.74) is -0.744. The molecule has 0 aliphatic heterocycles. The van der Waals surface area contributed by atoms with Gasteiger partial charge in [-0.2, -0.15) is 0 Å². The van der Waals surface area contributed by atoms with Crippen molar-refractivity contribution in [1.29, 1.82) is 0 Å². The molecule has 1 rings (SSSR count). The zero-order chi connectivity index (χ0) is 16.9. The van der Waals surface area contributed by atoms with Gasteiger partial charge in [-0.25, -0.2) is 8.78 Å². The molecule has 22 heavy (non-hydrogen) atoms. The van der Waals surface area contributed by atoms with Gasteiger partial charge in [0.2, 0.25) is 0 Å². The van der Waals surface area contributed by atoms with Crippen LogP contribution in [0.3, 0.4) is 0 Å². The standard InChI is InChI=1S/C14H17ClF2N2O3/c1-7(2)11(20)3-4-18-13(21)14(22)19-12-9(16)5-8(15)6-10(12)17/h5-7,11,20H,3-4H2,1-2H3,(H,18,21)(H,19,22). The number of aliphatic hydroxyl groups is 1. The Morgan fingerprint density at radius 2 is 1.77 bits per heavy atom. The van der Waals surface area contributed by atoms with Crippen LogP contribution in [0.15, 0.2) is 12.1 Å². The van der Waals surface area contributed by atoms with Crippen molar-refractivity contribution < 1.29 is 23.5 Å². The van der Waals surface area contributed by atoms with Gasteiger partial charge in [-0.05, 0) is 24.5 Å². The normalized spacial score (nSPS) is 12.1. The lowest BCUT2D eigenvalue weighted by atomic mass is 10.0. The molecule has 0 aromatic heterocycles. The first-order chi connectivity index (χ1) is 10.2. The molecule has 2 amide bonds. The average molecular weight is 335 g/mol. The van der Waals surface area contributed by atoms with E-state index in [2.05, 4.69) is 5.32 Å². The summed E-state index contributed by atoms with van der Waals surface area (Å²) in [6.07, 6.45) is -0.352. The van der Waals surface area contributed by atoms with Gasteiger partial charge in [-0.3, -0.25) is 9.59 Å². The molecule has 1 atom stereocenters. The molecule has 3 N–H and O–H groups in total. The Morgan fingerprint density at radius 1 is 1.23 bits per heavy atom. The summed E-state index contributed by atoms with van der Waals surface area (Å²) >= 11 is 5.45. The predicted molar refractivity (Wildman–Crippen MR) is 78.5 cm³/mol. The Balaban J connectivity index is 2.57. The first-order valence-corrected chi connectivity index (χ1v) is 7.02. The molecule has 1 unspecified atom stereocenters. The number of benzene rings is 1. The van der Waals surface area contributed by atoms with Gasteiger partial charge >= 0.3 is 11.8 Å². The van der Waals surface area contributed by atoms with Crippen LogP contribution in [-0.4, -0.2) is 29.6 Å². The second kappa shape index (κ2) is 8.05. The number of nitrogens with one attached hydrogen (secondary N) is 2. The molecule has 1 aromatic rings. The number of amides is 2. The van der Waals surface area contributed by atoms with E-state index in [0.29, 0.717) is 0 Å². The van der Waals surface area contributed by atoms with Crippen LogP contribution in [0.5, 0.6) is 0 Å². The van der Waals surface area contributed by atoms with Crippen molar-refractivity contribution in [1.82, 2.24) is 5.32 Å². The molecule has 0 heterocycles. The minimum Gasteiger partial charge on any atom is -0.393 e. The summed E-state index contributed by atoms with van der Waals surface area (Å²) in [6.45, 7) is 3.69. The maximum Gasteiger partial charge on any atom is 0.313 e. The van der Waals surface area contributed by atoms with Gasteiger partial charge in [0.1, 0.15) is 5.69 Å². The number of hydrogen-bond acceptors (Lipinski definition) is 3. The highest BCUT2D eigenvalue weighted by atomic mass is 35.5. The monoisotopic (exact) mass is 334 g/mol. The number of aliphatic hydroxyl groups excluding tert-OH is 1. The van der Waals surface area contributed by atoms with Crippen molar-refractivity contribution in [3.05, 3.63) is 28.8 Å². The van der Waals surface area contributed by atoms with Crippen LogP contribution in [0.1, 0.15) is 20.3 Å². The minimum atomic E-state index is -1.21. The largest absolute Gasteiger partial charge is 0.393 e. The summed E-state index contributed by atoms with van der Waals surface area (Å²) in [6, 6.07) is 1.63. The maximum atomic E-state index is 13.5. The molecular formula is C14H17ClF2N2O3. The fourth-order valence-electron chi connectivity index (χ4n) is 1.58. The van der Waals surface area contributed by atoms with E-state index in [0.717, 1.165) is 12.1 Å². The molecule has 0 saturated heterocycles. The molecule has 5 nitrogen and oxygen atoms in total. The number of rotatable bonds is 5. The zero-order valence-electron chi connectivity index (χ0n) is 12.1. The molecule has 0 bridgehead atoms. The molecular weight excluding hydrogens is 318 g/mol. The van der Waals surface area contributed by atoms with Crippen LogP contribution in [0, 0.1) is 17.6 Å². The van der Waals surface area contributed by atoms with Crippen LogP contribution in [0.2, 0.25) is 5.02 Å². The summed E-state index contributed by atoms with van der Waals surface area (Å²) in [5, 5.41) is 13.5. The van der Waals surface area contributed by atoms with Crippen molar-refractivity contribution in [3.63, 3.8) is 0 Å². The molecule has 122 valence electrons. The highest BCUT2D eigenvalue weighted by molar-refractivity contribution is 6.39. The van der Waals surface area contributed by atoms with E-state index >= 15 is 0 Å². The fraction of sp³-hybridized carbons (Fsp3) is 0.429. The Labute approximate surface area is 131 Å². The lowest BCUT2D eigenvalue weighted by Crippen LogP contribution is -2.37. The number of halogens is 3. The second-order valence-corrected chi connectivity index (χ2v) is 5.49. The van der Waals surface area contributed by atoms with E-state index in [1.807, 2.05) is 19.2 Å². The maximum absolute atomic E-state index is 13.5. The Bertz CT molecular complexity index is 544. The fourth-order valence-corrected chi connectivity index (χ4v) is 1.77. The SMILES string of the molecule is CC(C)C(O)CCNC(=O)C(=O)Nc1c(F)cc(Cl)cc1F. The van der Waals surface area contributed by atoms with Gasteiger partial charge in [-0.15, -0.1) is 0 Å². The third-order valence-corrected chi connectivity index (χ3v) is 3.17. The highest BCUT2D eigenvalue weighted by Crippen LogP contribution is 2.23. The van der Waals surface area contributed by atoms with E-state index in [4.69, 9.17) is 11.6 Å². The van der Waals surface area contributed by atoms with Gasteiger partial charge in [0.25, 0.3) is 0 Å². The molecule has 0 spiro atoms. The predicted octanol–water partition coefficient (Wildman–Crippen LogP) is 2.08. The van der Waals surface area contributed by atoms with Crippen molar-refractivity contribution in [2.75, 3.05) is 11.9 Å². The summed E-state index contributed by atoms with van der Waals surface area (Å²) in [5.74, 6) is -4.41. The molecule has 0 aliphatic rings. The molecule has 0 saturated carbocycles. The summed E-state index contributed by atoms with van der Waals surface area (Å²) in [7, 11) is 0. The van der Waals surface area contributed by atoms with Crippen molar-refractivity contribution in [2.45, 2.75) is 26.4 Å². The van der Waals surface area contributed by atoms with Crippen LogP contribution in [0.25, 0.3) is 0 Å². The van der Waals surface area contributed by atoms with Crippen LogP contribution in [-0.2, 0) is 9.59 Å². The molecule has 1 aromatic carbocycles. The van der Waals surface area contributed by atoms with Crippen molar-refractivity contribution >= 4 is 29.1 Å². The summed E-state index contributed by atoms with van der Waals surface area (Å²) in [4.78, 5) is 23.1. The second-order valence-electron chi connectivity index (χ2n) is 5.05. The summed E-state index contributed by atoms with van der Waals surface area (Å²) < 4.78 is 27.0. The van der Waals surface area contributed by atoms with E-state index in [-0.39, 0.29) is 23.9 Å². The minimum absolute atomic E-state index is 0.0167. The quantitative estimate of drug-likeness (QED) is 0.721. The van der Waals surface area contributed by atoms with Gasteiger partial charge in [0.05, 0.1) is 6.10 Å². The Morgan fingerprint density at radius 3 is 2.27 bits per heavy atom. The number of carbonyl (C=O) groups excluding carboxylic acids is 2. The number of carbonyl (C=O) groups is 2. The van der Waals surface area contributed by atoms with Crippen LogP contribution >= 0.6 is 11.6 Å². The van der Waals surface area contributed by atoms with Crippen LogP contribution in [0.4, 0.5) is 14.5 Å². The van der Waals surface area contributed by atoms with E-state index in [1.165, 1.54) is 0 Å². The first kappa shape index (κ1) is 18.3. The van der Waals surface area contributed by atoms with Gasteiger partial charge in [0, 0.05) is 11.6 Å².